The van der Waals surface area contributed by atoms with Crippen LogP contribution in [0.2, 0.25) is 0 Å². The number of ether oxygens (including phenoxy) is 2. The molecule has 5 aliphatic carbocycles. The van der Waals surface area contributed by atoms with E-state index < -0.39 is 46.6 Å². The van der Waals surface area contributed by atoms with Crippen LogP contribution in [-0.2, 0) is 14.3 Å². The number of carbonyl (C=O) groups excluding carboxylic acids is 1. The number of halogens is 3. The zero-order valence-corrected chi connectivity index (χ0v) is 28.9. The molecule has 8 nitrogen and oxygen atoms in total. The molecule has 250 valence electrons. The summed E-state index contributed by atoms with van der Waals surface area (Å²) in [6.45, 7) is 13.3. The second kappa shape index (κ2) is 9.75. The Balaban J connectivity index is 1.38. The number of alkyl halides is 2. The Morgan fingerprint density at radius 1 is 1.07 bits per heavy atom. The molecule has 2 spiro atoms. The van der Waals surface area contributed by atoms with Crippen LogP contribution < -0.4 is 10.1 Å². The Kier molecular flexibility index (Phi) is 7.29. The number of guanidine groups is 1. The van der Waals surface area contributed by atoms with E-state index in [1.54, 1.807) is 27.7 Å². The molecule has 5 N–H and O–H groups in total. The number of aliphatic imine (C=N–C) groups is 1. The molecule has 1 aliphatic heterocycles. The lowest BCUT2D eigenvalue weighted by Crippen LogP contribution is -2.64. The minimum Gasteiger partial charge on any atom is -0.461 e. The van der Waals surface area contributed by atoms with Gasteiger partial charge in [0.25, 0.3) is 5.92 Å². The van der Waals surface area contributed by atoms with Crippen LogP contribution in [-0.4, -0.2) is 64.1 Å². The molecule has 11 heteroatoms. The number of aliphatic hydroxyl groups excluding tert-OH is 1. The lowest BCUT2D eigenvalue weighted by Gasteiger charge is -2.65. The Labute approximate surface area is 269 Å². The summed E-state index contributed by atoms with van der Waals surface area (Å²) in [5, 5.41) is 22.7. The van der Waals surface area contributed by atoms with Gasteiger partial charge in [-0.2, -0.15) is 0 Å². The summed E-state index contributed by atoms with van der Waals surface area (Å²) in [5.41, 5.74) is 1.72. The van der Waals surface area contributed by atoms with Gasteiger partial charge in [-0.25, -0.2) is 13.8 Å². The highest BCUT2D eigenvalue weighted by molar-refractivity contribution is 9.08. The van der Waals surface area contributed by atoms with Crippen molar-refractivity contribution in [3.8, 4) is 0 Å². The summed E-state index contributed by atoms with van der Waals surface area (Å²) < 4.78 is 46.8. The lowest BCUT2D eigenvalue weighted by molar-refractivity contribution is -0.251. The van der Waals surface area contributed by atoms with Crippen LogP contribution in [0.3, 0.4) is 0 Å². The summed E-state index contributed by atoms with van der Waals surface area (Å²) in [6, 6.07) is 0. The lowest BCUT2D eigenvalue weighted by atomic mass is 9.41. The van der Waals surface area contributed by atoms with Gasteiger partial charge in [-0.15, -0.1) is 0 Å². The van der Waals surface area contributed by atoms with Gasteiger partial charge in [0.1, 0.15) is 12.6 Å². The highest BCUT2D eigenvalue weighted by atomic mass is 79.9. The maximum absolute atomic E-state index is 15.7. The molecule has 0 aromatic carbocycles. The molecule has 0 unspecified atom stereocenters. The molecule has 0 bridgehead atoms. The van der Waals surface area contributed by atoms with Gasteiger partial charge in [0.15, 0.2) is 5.96 Å². The monoisotopic (exact) mass is 687 g/mol. The second-order valence-electron chi connectivity index (χ2n) is 17.2. The van der Waals surface area contributed by atoms with E-state index in [0.717, 1.165) is 32.1 Å². The van der Waals surface area contributed by atoms with Crippen molar-refractivity contribution in [3.05, 3.63) is 0 Å². The highest BCUT2D eigenvalue weighted by Crippen LogP contribution is 2.90. The maximum Gasteiger partial charge on any atom is 0.328 e. The third-order valence-corrected chi connectivity index (χ3v) is 15.0. The van der Waals surface area contributed by atoms with E-state index in [0.29, 0.717) is 19.3 Å². The summed E-state index contributed by atoms with van der Waals surface area (Å²) in [5.74, 6) is -3.94. The normalized spacial score (nSPS) is 50.6. The summed E-state index contributed by atoms with van der Waals surface area (Å²) >= 11 is 2.99. The minimum absolute atomic E-state index is 0.0313. The van der Waals surface area contributed by atoms with Gasteiger partial charge >= 0.3 is 5.97 Å². The smallest absolute Gasteiger partial charge is 0.328 e. The molecule has 1 heterocycles. The molecule has 44 heavy (non-hydrogen) atoms. The fraction of sp³-hybridized carbons (Fsp3) is 0.939. The van der Waals surface area contributed by atoms with Crippen LogP contribution in [0, 0.1) is 44.8 Å². The van der Waals surface area contributed by atoms with Gasteiger partial charge in [-0.3, -0.25) is 9.14 Å². The first kappa shape index (κ1) is 32.9. The van der Waals surface area contributed by atoms with Crippen LogP contribution in [0.5, 0.6) is 0 Å². The quantitative estimate of drug-likeness (QED) is 0.131. The van der Waals surface area contributed by atoms with Gasteiger partial charge in [0.2, 0.25) is 0 Å². The van der Waals surface area contributed by atoms with Crippen molar-refractivity contribution < 1.29 is 33.3 Å². The largest absolute Gasteiger partial charge is 0.461 e. The van der Waals surface area contributed by atoms with Crippen molar-refractivity contribution in [2.75, 3.05) is 6.54 Å². The Hall–Kier alpha value is -1.04. The van der Waals surface area contributed by atoms with Crippen LogP contribution in [0.25, 0.3) is 0 Å². The number of nitrogens with zero attached hydrogens (tertiary/aromatic N) is 1. The molecule has 0 aromatic rings. The van der Waals surface area contributed by atoms with E-state index in [1.807, 2.05) is 0 Å². The number of carbonyl (C=O) groups is 1. The first-order valence-electron chi connectivity index (χ1n) is 16.5. The van der Waals surface area contributed by atoms with E-state index in [1.165, 1.54) is 0 Å². The number of rotatable bonds is 5. The van der Waals surface area contributed by atoms with Crippen LogP contribution >= 0.6 is 16.1 Å². The molecule has 0 amide bonds. The second-order valence-corrected chi connectivity index (χ2v) is 17.6. The van der Waals surface area contributed by atoms with Crippen LogP contribution in [0.4, 0.5) is 8.78 Å². The van der Waals surface area contributed by atoms with Crippen LogP contribution in [0.15, 0.2) is 4.99 Å². The number of hydrogen-bond donors (Lipinski definition) is 4. The van der Waals surface area contributed by atoms with E-state index >= 15 is 8.78 Å². The van der Waals surface area contributed by atoms with E-state index in [9.17, 15) is 15.0 Å². The maximum atomic E-state index is 15.7. The number of nitrogens with two attached hydrogens (primary N) is 1. The molecule has 6 aliphatic rings. The SMILES string of the molecule is CC(C)(O)[C@@H]1CC[C@@](C)([C@H]2[C@@H](O)C[C@@]3(C)[C@@H]4C[C@H](OC(=O)CN=C(N)NBr)[C@H]5C(C)(C)C(F)(F)CC[C@@]56C[C@@]46CC[C@]23C)O1. The number of aliphatic hydroxyl groups is 2. The van der Waals surface area contributed by atoms with E-state index in [4.69, 9.17) is 15.2 Å². The molecule has 0 aromatic heterocycles. The Morgan fingerprint density at radius 2 is 1.73 bits per heavy atom. The van der Waals surface area contributed by atoms with Crippen molar-refractivity contribution in [2.24, 2.45) is 55.6 Å². The predicted molar refractivity (Wildman–Crippen MR) is 166 cm³/mol. The molecule has 6 rings (SSSR count). The zero-order chi connectivity index (χ0) is 32.5. The topological polar surface area (TPSA) is 126 Å². The first-order chi connectivity index (χ1) is 20.1. The number of fused-ring (bicyclic) bond motifs is 2. The fourth-order valence-electron chi connectivity index (χ4n) is 12.5. The van der Waals surface area contributed by atoms with Gasteiger partial charge in [0, 0.05) is 39.8 Å². The third-order valence-electron chi connectivity index (χ3n) is 14.6. The fourth-order valence-corrected chi connectivity index (χ4v) is 12.6. The Bertz CT molecular complexity index is 1240. The molecule has 6 fully saturated rings. The first-order valence-corrected chi connectivity index (χ1v) is 17.3. The molecule has 1 saturated heterocycles. The third kappa shape index (κ3) is 4.19. The van der Waals surface area contributed by atoms with Gasteiger partial charge in [-0.05, 0) is 99.7 Å². The molecule has 5 saturated carbocycles. The molecular weight excluding hydrogens is 636 g/mol. The minimum atomic E-state index is -2.88. The van der Waals surface area contributed by atoms with E-state index in [2.05, 4.69) is 46.3 Å². The van der Waals surface area contributed by atoms with Crippen molar-refractivity contribution in [3.63, 3.8) is 0 Å². The Morgan fingerprint density at radius 3 is 2.34 bits per heavy atom. The van der Waals surface area contributed by atoms with Gasteiger partial charge in [0.05, 0.1) is 23.4 Å². The zero-order valence-electron chi connectivity index (χ0n) is 27.3. The number of esters is 1. The summed E-state index contributed by atoms with van der Waals surface area (Å²) in [7, 11) is 0. The summed E-state index contributed by atoms with van der Waals surface area (Å²) in [6.07, 6.45) is 3.89. The number of hydrogen-bond acceptors (Lipinski definition) is 6. The van der Waals surface area contributed by atoms with Gasteiger partial charge < -0.3 is 25.4 Å². The summed E-state index contributed by atoms with van der Waals surface area (Å²) in [4.78, 5) is 17.2. The average Bonchev–Trinajstić information content (AvgIpc) is 3.28. The standard InChI is InChI=1S/C33H52BrF2N3O5/c1-26(2)24-19(43-22(41)16-38-25(37)39-34)14-20-29(6)15-18(40)23(30(7)9-8-21(44-30)27(3,4)42)28(29,5)10-11-31(20)17-32(24,31)12-13-33(26,35)36/h18-21,23-24,40,42H,8-17H2,1-7H3,(H3,37,38,39)/t18-,19-,20-,21-,23-,24-,28+,29-,30-,31-,32+/m0/s1. The highest BCUT2D eigenvalue weighted by Gasteiger charge is 2.86. The van der Waals surface area contributed by atoms with E-state index in [-0.39, 0.29) is 58.5 Å². The van der Waals surface area contributed by atoms with Gasteiger partial charge in [-0.1, -0.05) is 27.7 Å². The van der Waals surface area contributed by atoms with Crippen molar-refractivity contribution in [2.45, 2.75) is 142 Å². The number of nitrogens with one attached hydrogen (secondary N) is 1. The van der Waals surface area contributed by atoms with Crippen molar-refractivity contribution >= 4 is 28.1 Å². The van der Waals surface area contributed by atoms with Crippen LogP contribution in [0.1, 0.15) is 106 Å². The predicted octanol–water partition coefficient (Wildman–Crippen LogP) is 5.48. The average molecular weight is 689 g/mol. The molecule has 11 atom stereocenters. The molecular formula is C33H52BrF2N3O5. The van der Waals surface area contributed by atoms with Crippen molar-refractivity contribution in [1.82, 2.24) is 4.34 Å². The van der Waals surface area contributed by atoms with Crippen molar-refractivity contribution in [1.29, 1.82) is 0 Å². The molecule has 0 radical (unpaired) electrons.